The SMILES string of the molecule is O=C(Oc1cccc(C(F)(F)F)c1)c1cncc(C#Cc2ccccc2)c1. The van der Waals surface area contributed by atoms with Crippen molar-refractivity contribution in [1.29, 1.82) is 0 Å². The highest BCUT2D eigenvalue weighted by molar-refractivity contribution is 5.91. The molecule has 0 N–H and O–H groups in total. The maximum atomic E-state index is 12.7. The average Bonchev–Trinajstić information content (AvgIpc) is 2.67. The number of hydrogen-bond donors (Lipinski definition) is 0. The summed E-state index contributed by atoms with van der Waals surface area (Å²) in [5.74, 6) is 4.80. The number of esters is 1. The average molecular weight is 367 g/mol. The number of hydrogen-bond acceptors (Lipinski definition) is 3. The van der Waals surface area contributed by atoms with Gasteiger partial charge < -0.3 is 4.74 Å². The zero-order chi connectivity index (χ0) is 19.3. The Bertz CT molecular complexity index is 1020. The van der Waals surface area contributed by atoms with Crippen LogP contribution in [0.5, 0.6) is 5.75 Å². The maximum Gasteiger partial charge on any atom is 0.416 e. The fourth-order valence-electron chi connectivity index (χ4n) is 2.19. The second-order valence-electron chi connectivity index (χ2n) is 5.49. The highest BCUT2D eigenvalue weighted by atomic mass is 19.4. The molecular weight excluding hydrogens is 355 g/mol. The van der Waals surface area contributed by atoms with E-state index >= 15 is 0 Å². The van der Waals surface area contributed by atoms with Crippen LogP contribution in [0.2, 0.25) is 0 Å². The van der Waals surface area contributed by atoms with Crippen LogP contribution in [-0.2, 0) is 6.18 Å². The fourth-order valence-corrected chi connectivity index (χ4v) is 2.19. The smallest absolute Gasteiger partial charge is 0.416 e. The van der Waals surface area contributed by atoms with Crippen molar-refractivity contribution in [3.8, 4) is 17.6 Å². The number of alkyl halides is 3. The van der Waals surface area contributed by atoms with Crippen molar-refractivity contribution in [3.05, 3.63) is 95.3 Å². The van der Waals surface area contributed by atoms with Gasteiger partial charge in [0.15, 0.2) is 0 Å². The predicted molar refractivity (Wildman–Crippen MR) is 93.1 cm³/mol. The molecular formula is C21H12F3NO2. The molecule has 0 bridgehead atoms. The normalized spacial score (nSPS) is 10.6. The van der Waals surface area contributed by atoms with Gasteiger partial charge in [-0.3, -0.25) is 4.98 Å². The quantitative estimate of drug-likeness (QED) is 0.374. The van der Waals surface area contributed by atoms with Gasteiger partial charge in [-0.15, -0.1) is 0 Å². The molecule has 0 spiro atoms. The minimum atomic E-state index is -4.52. The number of nitrogens with zero attached hydrogens (tertiary/aromatic N) is 1. The minimum Gasteiger partial charge on any atom is -0.423 e. The summed E-state index contributed by atoms with van der Waals surface area (Å²) in [5.41, 5.74) is 0.479. The molecule has 0 aliphatic heterocycles. The van der Waals surface area contributed by atoms with Crippen LogP contribution in [0.4, 0.5) is 13.2 Å². The molecule has 3 nitrogen and oxygen atoms in total. The molecule has 6 heteroatoms. The number of benzene rings is 2. The molecule has 0 unspecified atom stereocenters. The van der Waals surface area contributed by atoms with Crippen LogP contribution in [0.3, 0.4) is 0 Å². The topological polar surface area (TPSA) is 39.2 Å². The zero-order valence-electron chi connectivity index (χ0n) is 13.8. The summed E-state index contributed by atoms with van der Waals surface area (Å²) in [6, 6.07) is 14.8. The monoisotopic (exact) mass is 367 g/mol. The van der Waals surface area contributed by atoms with E-state index in [2.05, 4.69) is 16.8 Å². The molecule has 27 heavy (non-hydrogen) atoms. The van der Waals surface area contributed by atoms with Crippen molar-refractivity contribution in [2.24, 2.45) is 0 Å². The minimum absolute atomic E-state index is 0.0901. The lowest BCUT2D eigenvalue weighted by Gasteiger charge is -2.09. The Balaban J connectivity index is 1.77. The fraction of sp³-hybridized carbons (Fsp3) is 0.0476. The van der Waals surface area contributed by atoms with Gasteiger partial charge in [0, 0.05) is 23.5 Å². The molecule has 0 amide bonds. The first-order valence-corrected chi connectivity index (χ1v) is 7.83. The van der Waals surface area contributed by atoms with Gasteiger partial charge in [0.25, 0.3) is 0 Å². The number of pyridine rings is 1. The molecule has 0 aliphatic carbocycles. The summed E-state index contributed by atoms with van der Waals surface area (Å²) in [6.07, 6.45) is -1.77. The van der Waals surface area contributed by atoms with Gasteiger partial charge >= 0.3 is 12.1 Å². The van der Waals surface area contributed by atoms with Gasteiger partial charge in [0.1, 0.15) is 5.75 Å². The lowest BCUT2D eigenvalue weighted by Crippen LogP contribution is -2.10. The number of aromatic nitrogens is 1. The van der Waals surface area contributed by atoms with Crippen LogP contribution in [-0.4, -0.2) is 11.0 Å². The number of rotatable bonds is 2. The molecule has 0 radical (unpaired) electrons. The van der Waals surface area contributed by atoms with Gasteiger partial charge in [-0.05, 0) is 36.4 Å². The Morgan fingerprint density at radius 2 is 1.63 bits per heavy atom. The highest BCUT2D eigenvalue weighted by Crippen LogP contribution is 2.31. The second-order valence-corrected chi connectivity index (χ2v) is 5.49. The Labute approximate surface area is 153 Å². The Morgan fingerprint density at radius 1 is 0.889 bits per heavy atom. The van der Waals surface area contributed by atoms with Crippen molar-refractivity contribution >= 4 is 5.97 Å². The Morgan fingerprint density at radius 3 is 2.37 bits per heavy atom. The van der Waals surface area contributed by atoms with Gasteiger partial charge in [-0.1, -0.05) is 36.1 Å². The van der Waals surface area contributed by atoms with E-state index < -0.39 is 17.7 Å². The molecule has 0 saturated carbocycles. The molecule has 3 rings (SSSR count). The molecule has 0 saturated heterocycles. The van der Waals surface area contributed by atoms with Crippen LogP contribution in [0, 0.1) is 11.8 Å². The third-order valence-electron chi connectivity index (χ3n) is 3.47. The van der Waals surface area contributed by atoms with E-state index in [-0.39, 0.29) is 11.3 Å². The summed E-state index contributed by atoms with van der Waals surface area (Å²) in [6.45, 7) is 0. The van der Waals surface area contributed by atoms with E-state index in [0.29, 0.717) is 5.56 Å². The summed E-state index contributed by atoms with van der Waals surface area (Å²) in [7, 11) is 0. The Kier molecular flexibility index (Phi) is 5.23. The number of carbonyl (C=O) groups excluding carboxylic acids is 1. The van der Waals surface area contributed by atoms with Gasteiger partial charge in [0.2, 0.25) is 0 Å². The first-order valence-electron chi connectivity index (χ1n) is 7.83. The largest absolute Gasteiger partial charge is 0.423 e. The molecule has 0 atom stereocenters. The van der Waals surface area contributed by atoms with Gasteiger partial charge in [0.05, 0.1) is 11.1 Å². The van der Waals surface area contributed by atoms with Crippen LogP contribution in [0.15, 0.2) is 73.1 Å². The van der Waals surface area contributed by atoms with Gasteiger partial charge in [-0.25, -0.2) is 4.79 Å². The molecule has 3 aromatic rings. The van der Waals surface area contributed by atoms with Crippen molar-refractivity contribution in [3.63, 3.8) is 0 Å². The first kappa shape index (κ1) is 18.2. The van der Waals surface area contributed by atoms with Crippen molar-refractivity contribution < 1.29 is 22.7 Å². The first-order chi connectivity index (χ1) is 12.9. The Hall–Kier alpha value is -3.59. The molecule has 1 aromatic heterocycles. The third-order valence-corrected chi connectivity index (χ3v) is 3.47. The second kappa shape index (κ2) is 7.75. The predicted octanol–water partition coefficient (Wildman–Crippen LogP) is 4.72. The standard InChI is InChI=1S/C21H12F3NO2/c22-21(23,24)18-7-4-8-19(12-18)27-20(26)17-11-16(13-25-14-17)10-9-15-5-2-1-3-6-15/h1-8,11-14H. The number of halogens is 3. The van der Waals surface area contributed by atoms with E-state index in [1.807, 2.05) is 30.3 Å². The third kappa shape index (κ3) is 4.95. The van der Waals surface area contributed by atoms with Crippen LogP contribution < -0.4 is 4.74 Å². The van der Waals surface area contributed by atoms with E-state index in [1.54, 1.807) is 0 Å². The molecule has 1 heterocycles. The van der Waals surface area contributed by atoms with Crippen LogP contribution in [0.25, 0.3) is 0 Å². The summed E-state index contributed by atoms with van der Waals surface area (Å²) < 4.78 is 43.2. The van der Waals surface area contributed by atoms with E-state index in [9.17, 15) is 18.0 Å². The van der Waals surface area contributed by atoms with Crippen LogP contribution >= 0.6 is 0 Å². The van der Waals surface area contributed by atoms with E-state index in [0.717, 1.165) is 17.7 Å². The number of ether oxygens (including phenoxy) is 1. The summed E-state index contributed by atoms with van der Waals surface area (Å²) in [4.78, 5) is 16.1. The van der Waals surface area contributed by atoms with Crippen molar-refractivity contribution in [1.82, 2.24) is 4.98 Å². The summed E-state index contributed by atoms with van der Waals surface area (Å²) in [5, 5.41) is 0. The highest BCUT2D eigenvalue weighted by Gasteiger charge is 2.30. The van der Waals surface area contributed by atoms with Crippen molar-refractivity contribution in [2.45, 2.75) is 6.18 Å². The lowest BCUT2D eigenvalue weighted by molar-refractivity contribution is -0.137. The number of carbonyl (C=O) groups is 1. The zero-order valence-corrected chi connectivity index (χ0v) is 13.8. The van der Waals surface area contributed by atoms with Crippen molar-refractivity contribution in [2.75, 3.05) is 0 Å². The molecule has 0 aliphatic rings. The molecule has 2 aromatic carbocycles. The van der Waals surface area contributed by atoms with Gasteiger partial charge in [-0.2, -0.15) is 13.2 Å². The van der Waals surface area contributed by atoms with Crippen LogP contribution in [0.1, 0.15) is 27.0 Å². The van der Waals surface area contributed by atoms with E-state index in [1.165, 1.54) is 30.6 Å². The molecule has 134 valence electrons. The molecule has 0 fully saturated rings. The van der Waals surface area contributed by atoms with E-state index in [4.69, 9.17) is 4.74 Å². The lowest BCUT2D eigenvalue weighted by atomic mass is 10.2. The maximum absolute atomic E-state index is 12.7. The summed E-state index contributed by atoms with van der Waals surface area (Å²) >= 11 is 0.